The molecule has 3 rings (SSSR count). The first kappa shape index (κ1) is 18.5. The summed E-state index contributed by atoms with van der Waals surface area (Å²) < 4.78 is 2.25. The summed E-state index contributed by atoms with van der Waals surface area (Å²) in [6, 6.07) is 8.46. The van der Waals surface area contributed by atoms with Gasteiger partial charge in [0.2, 0.25) is 0 Å². The van der Waals surface area contributed by atoms with Crippen LogP contribution in [0.3, 0.4) is 0 Å². The number of para-hydroxylation sites is 1. The highest BCUT2D eigenvalue weighted by Gasteiger charge is 2.34. The number of carbonyl (C=O) groups is 2. The van der Waals surface area contributed by atoms with Crippen molar-refractivity contribution >= 4 is 29.0 Å². The highest BCUT2D eigenvalue weighted by Crippen LogP contribution is 2.34. The molecule has 0 bridgehead atoms. The Morgan fingerprint density at radius 1 is 1.12 bits per heavy atom. The average Bonchev–Trinajstić information content (AvgIpc) is 3.03. The smallest absolute Gasteiger partial charge is 0.293 e. The first-order valence-electron chi connectivity index (χ1n) is 8.92. The van der Waals surface area contributed by atoms with E-state index in [1.807, 2.05) is 13.0 Å². The van der Waals surface area contributed by atoms with Crippen LogP contribution in [0, 0.1) is 20.8 Å². The van der Waals surface area contributed by atoms with E-state index >= 15 is 0 Å². The Hall–Kier alpha value is -2.27. The maximum atomic E-state index is 12.4. The predicted molar refractivity (Wildman–Crippen MR) is 108 cm³/mol. The minimum absolute atomic E-state index is 0.190. The first-order chi connectivity index (χ1) is 12.4. The van der Waals surface area contributed by atoms with Gasteiger partial charge in [0.1, 0.15) is 0 Å². The highest BCUT2D eigenvalue weighted by atomic mass is 32.2. The van der Waals surface area contributed by atoms with Crippen LogP contribution >= 0.6 is 11.8 Å². The van der Waals surface area contributed by atoms with Gasteiger partial charge in [-0.15, -0.1) is 0 Å². The molecule has 2 aromatic rings. The molecule has 1 aliphatic rings. The van der Waals surface area contributed by atoms with Crippen LogP contribution < -0.4 is 0 Å². The van der Waals surface area contributed by atoms with E-state index in [2.05, 4.69) is 56.5 Å². The Morgan fingerprint density at radius 3 is 2.46 bits per heavy atom. The van der Waals surface area contributed by atoms with Gasteiger partial charge in [-0.25, -0.2) is 0 Å². The lowest BCUT2D eigenvalue weighted by Gasteiger charge is -2.17. The molecular weight excluding hydrogens is 344 g/mol. The van der Waals surface area contributed by atoms with Crippen LogP contribution in [0.15, 0.2) is 29.2 Å². The minimum Gasteiger partial charge on any atom is -0.317 e. The van der Waals surface area contributed by atoms with Crippen molar-refractivity contribution in [3.8, 4) is 5.69 Å². The second-order valence-electron chi connectivity index (χ2n) is 6.52. The lowest BCUT2D eigenvalue weighted by atomic mass is 10.1. The van der Waals surface area contributed by atoms with Crippen molar-refractivity contribution in [3.05, 3.63) is 57.2 Å². The topological polar surface area (TPSA) is 42.3 Å². The number of amides is 2. The molecule has 0 N–H and O–H groups in total. The number of aryl methyl sites for hydroxylation is 3. The molecule has 136 valence electrons. The van der Waals surface area contributed by atoms with Gasteiger partial charge in [0, 0.05) is 17.9 Å². The second kappa shape index (κ2) is 7.16. The SMILES string of the molecule is CCc1cccc(C)c1-n1c(C)cc(/C=C2\SC(=O)N(CC)C2=O)c1C. The Bertz CT molecular complexity index is 924. The van der Waals surface area contributed by atoms with Gasteiger partial charge in [-0.05, 0) is 74.7 Å². The summed E-state index contributed by atoms with van der Waals surface area (Å²) in [5.74, 6) is -0.197. The fourth-order valence-corrected chi connectivity index (χ4v) is 4.41. The van der Waals surface area contributed by atoms with Crippen LogP contribution in [0.4, 0.5) is 4.79 Å². The van der Waals surface area contributed by atoms with E-state index in [-0.39, 0.29) is 11.1 Å². The zero-order valence-electron chi connectivity index (χ0n) is 15.9. The maximum absolute atomic E-state index is 12.4. The number of thioether (sulfide) groups is 1. The highest BCUT2D eigenvalue weighted by molar-refractivity contribution is 8.18. The van der Waals surface area contributed by atoms with Crippen LogP contribution in [-0.4, -0.2) is 27.2 Å². The second-order valence-corrected chi connectivity index (χ2v) is 7.52. The van der Waals surface area contributed by atoms with Crippen molar-refractivity contribution < 1.29 is 9.59 Å². The largest absolute Gasteiger partial charge is 0.317 e. The molecule has 0 aliphatic carbocycles. The van der Waals surface area contributed by atoms with Crippen molar-refractivity contribution in [3.63, 3.8) is 0 Å². The lowest BCUT2D eigenvalue weighted by Crippen LogP contribution is -2.27. The fourth-order valence-electron chi connectivity index (χ4n) is 3.52. The molecule has 0 unspecified atom stereocenters. The van der Waals surface area contributed by atoms with Crippen LogP contribution in [0.5, 0.6) is 0 Å². The molecule has 0 spiro atoms. The Kier molecular flexibility index (Phi) is 5.10. The molecule has 1 aliphatic heterocycles. The number of hydrogen-bond acceptors (Lipinski definition) is 3. The van der Waals surface area contributed by atoms with E-state index in [1.54, 1.807) is 0 Å². The normalized spacial score (nSPS) is 16.2. The van der Waals surface area contributed by atoms with Crippen molar-refractivity contribution in [1.82, 2.24) is 9.47 Å². The predicted octanol–water partition coefficient (Wildman–Crippen LogP) is 5.02. The summed E-state index contributed by atoms with van der Waals surface area (Å²) in [6.07, 6.45) is 2.81. The van der Waals surface area contributed by atoms with E-state index in [1.165, 1.54) is 21.7 Å². The summed E-state index contributed by atoms with van der Waals surface area (Å²) in [4.78, 5) is 26.1. The third-order valence-electron chi connectivity index (χ3n) is 4.87. The lowest BCUT2D eigenvalue weighted by molar-refractivity contribution is -0.122. The first-order valence-corrected chi connectivity index (χ1v) is 9.73. The maximum Gasteiger partial charge on any atom is 0.293 e. The molecule has 2 heterocycles. The minimum atomic E-state index is -0.197. The van der Waals surface area contributed by atoms with Crippen molar-refractivity contribution in [2.24, 2.45) is 0 Å². The van der Waals surface area contributed by atoms with E-state index in [4.69, 9.17) is 0 Å². The molecule has 0 atom stereocenters. The summed E-state index contributed by atoms with van der Waals surface area (Å²) in [5.41, 5.74) is 6.91. The number of nitrogens with zero attached hydrogens (tertiary/aromatic N) is 2. The van der Waals surface area contributed by atoms with Gasteiger partial charge < -0.3 is 4.57 Å². The van der Waals surface area contributed by atoms with Crippen LogP contribution in [-0.2, 0) is 11.2 Å². The summed E-state index contributed by atoms with van der Waals surface area (Å²) in [6.45, 7) is 10.6. The number of rotatable bonds is 4. The number of hydrogen-bond donors (Lipinski definition) is 0. The van der Waals surface area contributed by atoms with E-state index < -0.39 is 0 Å². The molecular formula is C21H24N2O2S. The Balaban J connectivity index is 2.10. The van der Waals surface area contributed by atoms with Crippen LogP contribution in [0.1, 0.15) is 41.9 Å². The molecule has 1 aromatic heterocycles. The van der Waals surface area contributed by atoms with E-state index in [0.29, 0.717) is 11.4 Å². The van der Waals surface area contributed by atoms with Gasteiger partial charge in [-0.3, -0.25) is 14.5 Å². The van der Waals surface area contributed by atoms with Gasteiger partial charge in [0.05, 0.1) is 10.6 Å². The van der Waals surface area contributed by atoms with Crippen LogP contribution in [0.25, 0.3) is 11.8 Å². The zero-order chi connectivity index (χ0) is 19.0. The summed E-state index contributed by atoms with van der Waals surface area (Å²) in [5, 5.41) is -0.190. The van der Waals surface area contributed by atoms with Gasteiger partial charge >= 0.3 is 0 Å². The quantitative estimate of drug-likeness (QED) is 0.712. The number of aromatic nitrogens is 1. The van der Waals surface area contributed by atoms with Gasteiger partial charge in [0.15, 0.2) is 0 Å². The third kappa shape index (κ3) is 3.01. The van der Waals surface area contributed by atoms with Gasteiger partial charge in [-0.1, -0.05) is 25.1 Å². The number of likely N-dealkylation sites (N-methyl/N-ethyl adjacent to an activating group) is 1. The fraction of sp³-hybridized carbons (Fsp3) is 0.333. The molecule has 26 heavy (non-hydrogen) atoms. The zero-order valence-corrected chi connectivity index (χ0v) is 16.7. The third-order valence-corrected chi connectivity index (χ3v) is 5.78. The molecule has 2 amide bonds. The standard InChI is InChI=1S/C21H24N2O2S/c1-6-16-10-8-9-13(3)19(16)23-14(4)11-17(15(23)5)12-18-20(24)22(7-2)21(25)26-18/h8-12H,6-7H2,1-5H3/b18-12-. The molecule has 1 aromatic carbocycles. The molecule has 1 fully saturated rings. The van der Waals surface area contributed by atoms with Crippen molar-refractivity contribution in [2.75, 3.05) is 6.54 Å². The van der Waals surface area contributed by atoms with Gasteiger partial charge in [0.25, 0.3) is 11.1 Å². The van der Waals surface area contributed by atoms with Crippen LogP contribution in [0.2, 0.25) is 0 Å². The number of imide groups is 1. The molecule has 4 nitrogen and oxygen atoms in total. The molecule has 5 heteroatoms. The molecule has 1 saturated heterocycles. The van der Waals surface area contributed by atoms with Crippen molar-refractivity contribution in [2.45, 2.75) is 41.0 Å². The van der Waals surface area contributed by atoms with Gasteiger partial charge in [-0.2, -0.15) is 0 Å². The average molecular weight is 369 g/mol. The Morgan fingerprint density at radius 2 is 1.85 bits per heavy atom. The summed E-state index contributed by atoms with van der Waals surface area (Å²) in [7, 11) is 0. The van der Waals surface area contributed by atoms with Crippen molar-refractivity contribution in [1.29, 1.82) is 0 Å². The molecule has 0 radical (unpaired) electrons. The Labute approximate surface area is 158 Å². The number of carbonyl (C=O) groups excluding carboxylic acids is 2. The monoisotopic (exact) mass is 368 g/mol. The molecule has 0 saturated carbocycles. The van der Waals surface area contributed by atoms with E-state index in [9.17, 15) is 9.59 Å². The summed E-state index contributed by atoms with van der Waals surface area (Å²) >= 11 is 1.02. The van der Waals surface area contributed by atoms with E-state index in [0.717, 1.165) is 35.1 Å². The number of benzene rings is 1.